The second kappa shape index (κ2) is 8.58. The van der Waals surface area contributed by atoms with E-state index < -0.39 is 18.1 Å². The number of rotatable bonds is 7. The predicted octanol–water partition coefficient (Wildman–Crippen LogP) is 1.66. The molecular formula is C18H18NO4-. The molecule has 0 heterocycles. The summed E-state index contributed by atoms with van der Waals surface area (Å²) in [4.78, 5) is 22.9. The number of ether oxygens (including phenoxy) is 1. The number of carboxylic acid groups (broad SMARTS) is 1. The summed E-state index contributed by atoms with van der Waals surface area (Å²) in [6.45, 7) is 0.0884. The zero-order chi connectivity index (χ0) is 16.5. The van der Waals surface area contributed by atoms with Gasteiger partial charge in [-0.25, -0.2) is 4.79 Å². The highest BCUT2D eigenvalue weighted by Gasteiger charge is 2.14. The van der Waals surface area contributed by atoms with Crippen molar-refractivity contribution in [2.45, 2.75) is 25.5 Å². The van der Waals surface area contributed by atoms with Crippen LogP contribution in [0.15, 0.2) is 60.7 Å². The maximum Gasteiger partial charge on any atom is 0.407 e. The normalized spacial score (nSPS) is 11.5. The molecule has 0 spiro atoms. The summed E-state index contributed by atoms with van der Waals surface area (Å²) in [5.41, 5.74) is 1.83. The first-order valence-corrected chi connectivity index (χ1v) is 7.37. The van der Waals surface area contributed by atoms with E-state index in [1.807, 2.05) is 60.7 Å². The van der Waals surface area contributed by atoms with Gasteiger partial charge in [0, 0.05) is 0 Å². The van der Waals surface area contributed by atoms with E-state index in [-0.39, 0.29) is 13.0 Å². The lowest BCUT2D eigenvalue weighted by molar-refractivity contribution is -0.308. The summed E-state index contributed by atoms with van der Waals surface area (Å²) >= 11 is 0. The SMILES string of the molecule is O=C(N[C@@H](CCc1ccccc1)C(=O)[O-])OCc1ccccc1. The number of aryl methyl sites for hydroxylation is 1. The van der Waals surface area contributed by atoms with Gasteiger partial charge in [-0.1, -0.05) is 60.7 Å². The molecule has 0 bridgehead atoms. The molecule has 5 nitrogen and oxygen atoms in total. The molecule has 0 radical (unpaired) electrons. The third-order valence-corrected chi connectivity index (χ3v) is 3.35. The maximum absolute atomic E-state index is 11.7. The van der Waals surface area contributed by atoms with E-state index in [4.69, 9.17) is 4.74 Å². The Morgan fingerprint density at radius 3 is 2.09 bits per heavy atom. The molecule has 0 unspecified atom stereocenters. The maximum atomic E-state index is 11.7. The standard InChI is InChI=1S/C18H19NO4/c20-17(21)16(12-11-14-7-3-1-4-8-14)19-18(22)23-13-15-9-5-2-6-10-15/h1-10,16H,11-13H2,(H,19,22)(H,20,21)/p-1/t16-/m0/s1. The number of benzene rings is 2. The molecule has 1 atom stereocenters. The minimum absolute atomic E-state index is 0.0884. The van der Waals surface area contributed by atoms with E-state index in [0.717, 1.165) is 11.1 Å². The predicted molar refractivity (Wildman–Crippen MR) is 83.3 cm³/mol. The Morgan fingerprint density at radius 2 is 1.52 bits per heavy atom. The van der Waals surface area contributed by atoms with E-state index in [9.17, 15) is 14.7 Å². The number of aliphatic carboxylic acids is 1. The molecule has 0 saturated heterocycles. The van der Waals surface area contributed by atoms with Crippen molar-refractivity contribution < 1.29 is 19.4 Å². The van der Waals surface area contributed by atoms with Crippen LogP contribution in [0.25, 0.3) is 0 Å². The van der Waals surface area contributed by atoms with Gasteiger partial charge < -0.3 is 20.0 Å². The molecule has 2 aromatic carbocycles. The minimum atomic E-state index is -1.32. The second-order valence-electron chi connectivity index (χ2n) is 5.10. The van der Waals surface area contributed by atoms with Crippen LogP contribution in [0.4, 0.5) is 4.79 Å². The van der Waals surface area contributed by atoms with Gasteiger partial charge >= 0.3 is 6.09 Å². The highest BCUT2D eigenvalue weighted by Crippen LogP contribution is 2.06. The van der Waals surface area contributed by atoms with Gasteiger partial charge in [0.2, 0.25) is 0 Å². The number of amides is 1. The van der Waals surface area contributed by atoms with Crippen molar-refractivity contribution in [2.75, 3.05) is 0 Å². The Hall–Kier alpha value is -2.82. The molecule has 120 valence electrons. The van der Waals surface area contributed by atoms with Crippen molar-refractivity contribution in [1.29, 1.82) is 0 Å². The van der Waals surface area contributed by atoms with Crippen molar-refractivity contribution in [2.24, 2.45) is 0 Å². The summed E-state index contributed by atoms with van der Waals surface area (Å²) < 4.78 is 5.02. The van der Waals surface area contributed by atoms with Crippen LogP contribution in [-0.2, 0) is 22.6 Å². The molecule has 0 aliphatic heterocycles. The van der Waals surface area contributed by atoms with Crippen LogP contribution in [0, 0.1) is 0 Å². The van der Waals surface area contributed by atoms with Crippen LogP contribution in [0.5, 0.6) is 0 Å². The molecule has 2 rings (SSSR count). The van der Waals surface area contributed by atoms with Gasteiger partial charge in [-0.15, -0.1) is 0 Å². The number of carboxylic acids is 1. The Labute approximate surface area is 134 Å². The molecule has 2 aromatic rings. The van der Waals surface area contributed by atoms with Gasteiger partial charge in [0.25, 0.3) is 0 Å². The zero-order valence-electron chi connectivity index (χ0n) is 12.6. The van der Waals surface area contributed by atoms with Crippen LogP contribution in [-0.4, -0.2) is 18.1 Å². The topological polar surface area (TPSA) is 78.5 Å². The highest BCUT2D eigenvalue weighted by molar-refractivity contribution is 5.78. The average Bonchev–Trinajstić information content (AvgIpc) is 2.58. The average molecular weight is 312 g/mol. The van der Waals surface area contributed by atoms with Crippen LogP contribution in [0.3, 0.4) is 0 Å². The summed E-state index contributed by atoms with van der Waals surface area (Å²) in [5, 5.41) is 13.5. The fourth-order valence-corrected chi connectivity index (χ4v) is 2.11. The summed E-state index contributed by atoms with van der Waals surface area (Å²) in [6.07, 6.45) is 0.00160. The van der Waals surface area contributed by atoms with Crippen molar-refractivity contribution in [1.82, 2.24) is 5.32 Å². The molecule has 0 aliphatic rings. The fourth-order valence-electron chi connectivity index (χ4n) is 2.11. The third kappa shape index (κ3) is 5.82. The van der Waals surface area contributed by atoms with Crippen LogP contribution in [0.2, 0.25) is 0 Å². The lowest BCUT2D eigenvalue weighted by Crippen LogP contribution is -2.48. The van der Waals surface area contributed by atoms with Gasteiger partial charge in [-0.2, -0.15) is 0 Å². The first-order chi connectivity index (χ1) is 11.1. The fraction of sp³-hybridized carbons (Fsp3) is 0.222. The summed E-state index contributed by atoms with van der Waals surface area (Å²) in [5.74, 6) is -1.32. The largest absolute Gasteiger partial charge is 0.548 e. The van der Waals surface area contributed by atoms with Crippen LogP contribution >= 0.6 is 0 Å². The first-order valence-electron chi connectivity index (χ1n) is 7.37. The summed E-state index contributed by atoms with van der Waals surface area (Å²) in [6, 6.07) is 17.5. The highest BCUT2D eigenvalue weighted by atomic mass is 16.5. The van der Waals surface area contributed by atoms with Gasteiger partial charge in [0.05, 0.1) is 12.0 Å². The number of carbonyl (C=O) groups excluding carboxylic acids is 2. The molecular weight excluding hydrogens is 294 g/mol. The van der Waals surface area contributed by atoms with Crippen molar-refractivity contribution >= 4 is 12.1 Å². The molecule has 1 N–H and O–H groups in total. The number of nitrogens with one attached hydrogen (secondary N) is 1. The van der Waals surface area contributed by atoms with Crippen LogP contribution < -0.4 is 10.4 Å². The van der Waals surface area contributed by atoms with Gasteiger partial charge in [-0.3, -0.25) is 0 Å². The Bertz CT molecular complexity index is 628. The van der Waals surface area contributed by atoms with Gasteiger partial charge in [0.15, 0.2) is 0 Å². The van der Waals surface area contributed by atoms with E-state index in [0.29, 0.717) is 6.42 Å². The molecule has 1 amide bonds. The van der Waals surface area contributed by atoms with E-state index >= 15 is 0 Å². The van der Waals surface area contributed by atoms with E-state index in [1.54, 1.807) is 0 Å². The van der Waals surface area contributed by atoms with Crippen LogP contribution in [0.1, 0.15) is 17.5 Å². The molecule has 0 saturated carbocycles. The summed E-state index contributed by atoms with van der Waals surface area (Å²) in [7, 11) is 0. The van der Waals surface area contributed by atoms with Gasteiger partial charge in [-0.05, 0) is 24.0 Å². The lowest BCUT2D eigenvalue weighted by Gasteiger charge is -2.19. The molecule has 0 fully saturated rings. The van der Waals surface area contributed by atoms with E-state index in [1.165, 1.54) is 0 Å². The molecule has 0 aromatic heterocycles. The number of hydrogen-bond acceptors (Lipinski definition) is 4. The molecule has 5 heteroatoms. The Balaban J connectivity index is 1.81. The van der Waals surface area contributed by atoms with Crippen molar-refractivity contribution in [3.63, 3.8) is 0 Å². The van der Waals surface area contributed by atoms with Crippen molar-refractivity contribution in [3.8, 4) is 0 Å². The second-order valence-corrected chi connectivity index (χ2v) is 5.10. The number of carbonyl (C=O) groups is 2. The quantitative estimate of drug-likeness (QED) is 0.843. The Kier molecular flexibility index (Phi) is 6.17. The molecule has 0 aliphatic carbocycles. The minimum Gasteiger partial charge on any atom is -0.548 e. The smallest absolute Gasteiger partial charge is 0.407 e. The number of alkyl carbamates (subject to hydrolysis) is 1. The van der Waals surface area contributed by atoms with Crippen molar-refractivity contribution in [3.05, 3.63) is 71.8 Å². The number of hydrogen-bond donors (Lipinski definition) is 1. The molecule has 23 heavy (non-hydrogen) atoms. The Morgan fingerprint density at radius 1 is 0.957 bits per heavy atom. The monoisotopic (exact) mass is 312 g/mol. The third-order valence-electron chi connectivity index (χ3n) is 3.35. The first kappa shape index (κ1) is 16.5. The van der Waals surface area contributed by atoms with Gasteiger partial charge in [0.1, 0.15) is 6.61 Å². The lowest BCUT2D eigenvalue weighted by atomic mass is 10.1. The zero-order valence-corrected chi connectivity index (χ0v) is 12.6. The van der Waals surface area contributed by atoms with E-state index in [2.05, 4.69) is 5.32 Å².